The number of hydrogen-bond acceptors (Lipinski definition) is 3. The number of carboxylic acids is 1. The number of carbonyl (C=O) groups is 2. The minimum absolute atomic E-state index is 0.0385. The molecule has 1 aliphatic heterocycles. The molecule has 0 saturated carbocycles. The lowest BCUT2D eigenvalue weighted by molar-refractivity contribution is -0.144. The van der Waals surface area contributed by atoms with Crippen molar-refractivity contribution in [1.29, 1.82) is 0 Å². The van der Waals surface area contributed by atoms with E-state index in [2.05, 4.69) is 5.32 Å². The molecule has 5 heteroatoms. The van der Waals surface area contributed by atoms with Gasteiger partial charge in [0.25, 0.3) is 0 Å². The van der Waals surface area contributed by atoms with Crippen LogP contribution in [0.2, 0.25) is 0 Å². The summed E-state index contributed by atoms with van der Waals surface area (Å²) < 4.78 is 0. The molecule has 1 saturated heterocycles. The van der Waals surface area contributed by atoms with Gasteiger partial charge in [0.05, 0.1) is 0 Å². The van der Waals surface area contributed by atoms with Crippen molar-refractivity contribution >= 4 is 11.9 Å². The topological polar surface area (TPSA) is 69.6 Å². The molecular weight excluding hydrogens is 244 g/mol. The molecule has 1 aliphatic rings. The van der Waals surface area contributed by atoms with Crippen molar-refractivity contribution in [3.05, 3.63) is 0 Å². The van der Waals surface area contributed by atoms with E-state index in [4.69, 9.17) is 5.11 Å². The van der Waals surface area contributed by atoms with E-state index in [9.17, 15) is 9.59 Å². The van der Waals surface area contributed by atoms with Gasteiger partial charge in [-0.05, 0) is 31.7 Å². The van der Waals surface area contributed by atoms with Gasteiger partial charge in [-0.1, -0.05) is 20.3 Å². The van der Waals surface area contributed by atoms with Crippen LogP contribution in [-0.4, -0.2) is 47.6 Å². The Kier molecular flexibility index (Phi) is 6.84. The van der Waals surface area contributed by atoms with Crippen molar-refractivity contribution in [3.63, 3.8) is 0 Å². The van der Waals surface area contributed by atoms with Crippen molar-refractivity contribution in [2.45, 2.75) is 52.0 Å². The van der Waals surface area contributed by atoms with E-state index in [1.165, 1.54) is 17.7 Å². The van der Waals surface area contributed by atoms with Crippen LogP contribution in [0.3, 0.4) is 0 Å². The predicted molar refractivity (Wildman–Crippen MR) is 73.9 cm³/mol. The van der Waals surface area contributed by atoms with Crippen LogP contribution in [0.4, 0.5) is 0 Å². The highest BCUT2D eigenvalue weighted by Crippen LogP contribution is 2.13. The second-order valence-electron chi connectivity index (χ2n) is 5.75. The highest BCUT2D eigenvalue weighted by Gasteiger charge is 2.20. The van der Waals surface area contributed by atoms with Gasteiger partial charge < -0.3 is 15.3 Å². The predicted octanol–water partition coefficient (Wildman–Crippen LogP) is 1.48. The lowest BCUT2D eigenvalue weighted by Crippen LogP contribution is -2.40. The molecule has 1 fully saturated rings. The first-order valence-electron chi connectivity index (χ1n) is 7.22. The molecule has 110 valence electrons. The standard InChI is InChI=1S/C14H26N2O3/c1-11(2)9-16(10-14(18)19)13(17)7-6-12-5-3-4-8-15-12/h11-12,15H,3-10H2,1-2H3,(H,18,19). The maximum Gasteiger partial charge on any atom is 0.323 e. The van der Waals surface area contributed by atoms with E-state index in [0.717, 1.165) is 19.4 Å². The fraction of sp³-hybridized carbons (Fsp3) is 0.857. The lowest BCUT2D eigenvalue weighted by Gasteiger charge is -2.26. The van der Waals surface area contributed by atoms with Crippen LogP contribution in [0.15, 0.2) is 0 Å². The number of nitrogens with one attached hydrogen (secondary N) is 1. The molecule has 0 aromatic heterocycles. The summed E-state index contributed by atoms with van der Waals surface area (Å²) in [6, 6.07) is 0.420. The fourth-order valence-corrected chi connectivity index (χ4v) is 2.48. The zero-order valence-corrected chi connectivity index (χ0v) is 12.0. The van der Waals surface area contributed by atoms with E-state index in [-0.39, 0.29) is 18.4 Å². The van der Waals surface area contributed by atoms with Crippen LogP contribution < -0.4 is 5.32 Å². The number of piperidine rings is 1. The van der Waals surface area contributed by atoms with Gasteiger partial charge in [0, 0.05) is 19.0 Å². The third kappa shape index (κ3) is 6.57. The molecule has 1 rings (SSSR count). The summed E-state index contributed by atoms with van der Waals surface area (Å²) in [5.74, 6) is -0.690. The Balaban J connectivity index is 2.39. The molecule has 1 atom stereocenters. The van der Waals surface area contributed by atoms with E-state index in [0.29, 0.717) is 19.0 Å². The average Bonchev–Trinajstić information content (AvgIpc) is 2.35. The van der Waals surface area contributed by atoms with Crippen LogP contribution in [-0.2, 0) is 9.59 Å². The molecule has 0 radical (unpaired) electrons. The van der Waals surface area contributed by atoms with Gasteiger partial charge in [0.15, 0.2) is 0 Å². The number of nitrogens with zero attached hydrogens (tertiary/aromatic N) is 1. The van der Waals surface area contributed by atoms with Crippen LogP contribution in [0.1, 0.15) is 46.0 Å². The Hall–Kier alpha value is -1.10. The zero-order valence-electron chi connectivity index (χ0n) is 12.0. The van der Waals surface area contributed by atoms with Crippen molar-refractivity contribution in [1.82, 2.24) is 10.2 Å². The molecule has 1 amide bonds. The van der Waals surface area contributed by atoms with Crippen LogP contribution in [0, 0.1) is 5.92 Å². The van der Waals surface area contributed by atoms with E-state index < -0.39 is 5.97 Å². The summed E-state index contributed by atoms with van der Waals surface area (Å²) in [6.07, 6.45) is 4.81. The second kappa shape index (κ2) is 8.15. The Labute approximate surface area is 115 Å². The highest BCUT2D eigenvalue weighted by atomic mass is 16.4. The zero-order chi connectivity index (χ0) is 14.3. The monoisotopic (exact) mass is 270 g/mol. The summed E-state index contributed by atoms with van der Waals surface area (Å²) in [5.41, 5.74) is 0. The van der Waals surface area contributed by atoms with Crippen molar-refractivity contribution in [2.24, 2.45) is 5.92 Å². The average molecular weight is 270 g/mol. The quantitative estimate of drug-likeness (QED) is 0.735. The number of hydrogen-bond donors (Lipinski definition) is 2. The van der Waals surface area contributed by atoms with Crippen LogP contribution >= 0.6 is 0 Å². The maximum atomic E-state index is 12.1. The Bertz CT molecular complexity index is 299. The van der Waals surface area contributed by atoms with E-state index in [1.807, 2.05) is 13.8 Å². The molecular formula is C14H26N2O3. The molecule has 0 aromatic carbocycles. The normalized spacial score (nSPS) is 19.4. The summed E-state index contributed by atoms with van der Waals surface area (Å²) in [5, 5.41) is 12.3. The number of amides is 1. The van der Waals surface area contributed by atoms with E-state index in [1.54, 1.807) is 0 Å². The van der Waals surface area contributed by atoms with Crippen LogP contribution in [0.25, 0.3) is 0 Å². The fourth-order valence-electron chi connectivity index (χ4n) is 2.48. The summed E-state index contributed by atoms with van der Waals surface area (Å²) >= 11 is 0. The molecule has 1 heterocycles. The highest BCUT2D eigenvalue weighted by molar-refractivity contribution is 5.81. The third-order valence-electron chi connectivity index (χ3n) is 3.38. The molecule has 0 bridgehead atoms. The van der Waals surface area contributed by atoms with Crippen molar-refractivity contribution in [3.8, 4) is 0 Å². The summed E-state index contributed by atoms with van der Waals surface area (Å²) in [4.78, 5) is 24.4. The molecule has 0 aromatic rings. The van der Waals surface area contributed by atoms with Gasteiger partial charge in [0.2, 0.25) is 5.91 Å². The third-order valence-corrected chi connectivity index (χ3v) is 3.38. The molecule has 5 nitrogen and oxygen atoms in total. The van der Waals surface area contributed by atoms with Gasteiger partial charge in [-0.3, -0.25) is 9.59 Å². The molecule has 2 N–H and O–H groups in total. The van der Waals surface area contributed by atoms with Gasteiger partial charge in [-0.2, -0.15) is 0 Å². The van der Waals surface area contributed by atoms with Gasteiger partial charge in [-0.25, -0.2) is 0 Å². The minimum atomic E-state index is -0.940. The Morgan fingerprint density at radius 2 is 2.11 bits per heavy atom. The van der Waals surface area contributed by atoms with Crippen molar-refractivity contribution < 1.29 is 14.7 Å². The minimum Gasteiger partial charge on any atom is -0.480 e. The first kappa shape index (κ1) is 16.0. The van der Waals surface area contributed by atoms with Gasteiger partial charge >= 0.3 is 5.97 Å². The SMILES string of the molecule is CC(C)CN(CC(=O)O)C(=O)CCC1CCCCN1. The first-order valence-corrected chi connectivity index (χ1v) is 7.22. The largest absolute Gasteiger partial charge is 0.480 e. The Morgan fingerprint density at radius 3 is 2.63 bits per heavy atom. The molecule has 19 heavy (non-hydrogen) atoms. The number of aliphatic carboxylic acids is 1. The number of carboxylic acid groups (broad SMARTS) is 1. The smallest absolute Gasteiger partial charge is 0.323 e. The molecule has 1 unspecified atom stereocenters. The van der Waals surface area contributed by atoms with Crippen LogP contribution in [0.5, 0.6) is 0 Å². The Morgan fingerprint density at radius 1 is 1.37 bits per heavy atom. The van der Waals surface area contributed by atoms with Gasteiger partial charge in [0.1, 0.15) is 6.54 Å². The summed E-state index contributed by atoms with van der Waals surface area (Å²) in [7, 11) is 0. The van der Waals surface area contributed by atoms with E-state index >= 15 is 0 Å². The second-order valence-corrected chi connectivity index (χ2v) is 5.75. The number of rotatable bonds is 7. The molecule has 0 aliphatic carbocycles. The van der Waals surface area contributed by atoms with Crippen molar-refractivity contribution in [2.75, 3.05) is 19.6 Å². The number of carbonyl (C=O) groups excluding carboxylic acids is 1. The molecule has 0 spiro atoms. The lowest BCUT2D eigenvalue weighted by atomic mass is 10.00. The maximum absolute atomic E-state index is 12.1. The first-order chi connectivity index (χ1) is 8.99. The van der Waals surface area contributed by atoms with Gasteiger partial charge in [-0.15, -0.1) is 0 Å². The summed E-state index contributed by atoms with van der Waals surface area (Å²) in [6.45, 7) is 5.34.